The number of hydrogen-bond acceptors (Lipinski definition) is 5. The van der Waals surface area contributed by atoms with Crippen molar-refractivity contribution in [3.63, 3.8) is 0 Å². The van der Waals surface area contributed by atoms with E-state index in [1.807, 2.05) is 30.5 Å². The Bertz CT molecular complexity index is 1090. The second-order valence-electron chi connectivity index (χ2n) is 6.89. The fourth-order valence-electron chi connectivity index (χ4n) is 3.54. The number of hydrogen-bond donors (Lipinski definition) is 2. The molecule has 1 fully saturated rings. The van der Waals surface area contributed by atoms with Crippen LogP contribution >= 0.6 is 0 Å². The summed E-state index contributed by atoms with van der Waals surface area (Å²) in [6.07, 6.45) is -0.613. The lowest BCUT2D eigenvalue weighted by Gasteiger charge is -2.24. The molecule has 1 aliphatic carbocycles. The molecule has 2 aromatic carbocycles. The number of nitrogens with zero attached hydrogens (tertiary/aromatic N) is 2. The first-order chi connectivity index (χ1) is 13.4. The average molecular weight is 387 g/mol. The van der Waals surface area contributed by atoms with E-state index in [0.717, 1.165) is 29.0 Å². The Balaban J connectivity index is 1.55. The van der Waals surface area contributed by atoms with Crippen molar-refractivity contribution in [2.75, 3.05) is 5.01 Å². The molecule has 2 N–H and O–H groups in total. The number of halogens is 3. The molecule has 2 heterocycles. The Morgan fingerprint density at radius 3 is 2.43 bits per heavy atom. The zero-order chi connectivity index (χ0) is 19.5. The summed E-state index contributed by atoms with van der Waals surface area (Å²) in [6.45, 7) is 0. The van der Waals surface area contributed by atoms with Crippen LogP contribution in [0.5, 0.6) is 5.75 Å². The summed E-state index contributed by atoms with van der Waals surface area (Å²) < 4.78 is 41.0. The summed E-state index contributed by atoms with van der Waals surface area (Å²) in [5.74, 6) is -0.303. The average Bonchev–Trinajstić information content (AvgIpc) is 3.44. The van der Waals surface area contributed by atoms with Crippen LogP contribution in [-0.4, -0.2) is 22.4 Å². The van der Waals surface area contributed by atoms with Crippen molar-refractivity contribution in [3.8, 4) is 5.75 Å². The van der Waals surface area contributed by atoms with Crippen molar-refractivity contribution in [3.05, 3.63) is 70.5 Å². The molecule has 0 aromatic heterocycles. The molecular weight excluding hydrogens is 371 g/mol. The highest BCUT2D eigenvalue weighted by Gasteiger charge is 2.39. The minimum absolute atomic E-state index is 0.0112. The van der Waals surface area contributed by atoms with Gasteiger partial charge in [0.2, 0.25) is 5.88 Å². The van der Waals surface area contributed by atoms with Crippen LogP contribution in [0.3, 0.4) is 0 Å². The first-order valence-electron chi connectivity index (χ1n) is 8.86. The fourth-order valence-corrected chi connectivity index (χ4v) is 3.54. The van der Waals surface area contributed by atoms with Crippen LogP contribution in [0.25, 0.3) is 11.9 Å². The highest BCUT2D eigenvalue weighted by atomic mass is 19.4. The van der Waals surface area contributed by atoms with Gasteiger partial charge >= 0.3 is 6.36 Å². The molecule has 0 saturated heterocycles. The van der Waals surface area contributed by atoms with Crippen LogP contribution in [0.15, 0.2) is 60.1 Å². The summed E-state index contributed by atoms with van der Waals surface area (Å²) in [5.41, 5.74) is 5.15. The van der Waals surface area contributed by atoms with E-state index < -0.39 is 6.36 Å². The smallest absolute Gasteiger partial charge is 0.492 e. The molecule has 144 valence electrons. The molecule has 8 heteroatoms. The van der Waals surface area contributed by atoms with Gasteiger partial charge in [-0.3, -0.25) is 5.43 Å². The molecule has 0 spiro atoms. The lowest BCUT2D eigenvalue weighted by Crippen LogP contribution is -2.41. The standard InChI is InChI=1S/C20H16F3N3O2/c21-20(22,23)28-15-9-7-14(8-10-15)26-19(27)18-17(24-26)16-4-2-1-3-12(16)11-25(18)13-5-6-13/h1-4,7-11,13,24,27H,5-6H2. The Morgan fingerprint density at radius 1 is 1.04 bits per heavy atom. The van der Waals surface area contributed by atoms with E-state index in [1.165, 1.54) is 29.3 Å². The summed E-state index contributed by atoms with van der Waals surface area (Å²) >= 11 is 0. The van der Waals surface area contributed by atoms with E-state index >= 15 is 0 Å². The third-order valence-electron chi connectivity index (χ3n) is 4.92. The Hall–Kier alpha value is -3.29. The quantitative estimate of drug-likeness (QED) is 0.848. The maximum Gasteiger partial charge on any atom is 0.573 e. The number of aliphatic hydroxyl groups excluding tert-OH is 1. The molecule has 2 aromatic rings. The molecule has 5 rings (SSSR count). The number of benzene rings is 2. The van der Waals surface area contributed by atoms with Gasteiger partial charge < -0.3 is 14.7 Å². The topological polar surface area (TPSA) is 48.0 Å². The van der Waals surface area contributed by atoms with Crippen molar-refractivity contribution in [1.29, 1.82) is 0 Å². The number of alkyl halides is 3. The molecule has 0 unspecified atom stereocenters. The number of anilines is 1. The first-order valence-corrected chi connectivity index (χ1v) is 8.86. The molecule has 3 aliphatic rings. The minimum Gasteiger partial charge on any atom is -0.492 e. The molecule has 0 atom stereocenters. The normalized spacial score (nSPS) is 18.5. The third kappa shape index (κ3) is 2.81. The van der Waals surface area contributed by atoms with E-state index in [9.17, 15) is 18.3 Å². The van der Waals surface area contributed by atoms with Crippen LogP contribution in [0, 0.1) is 0 Å². The van der Waals surface area contributed by atoms with Crippen molar-refractivity contribution in [1.82, 2.24) is 10.3 Å². The number of hydrazine groups is 1. The van der Waals surface area contributed by atoms with Crippen molar-refractivity contribution < 1.29 is 23.0 Å². The molecule has 2 aliphatic heterocycles. The van der Waals surface area contributed by atoms with Crippen LogP contribution in [0.1, 0.15) is 12.8 Å². The highest BCUT2D eigenvalue weighted by molar-refractivity contribution is 5.76. The third-order valence-corrected chi connectivity index (χ3v) is 4.92. The highest BCUT2D eigenvalue weighted by Crippen LogP contribution is 2.38. The largest absolute Gasteiger partial charge is 0.573 e. The molecule has 0 bridgehead atoms. The predicted molar refractivity (Wildman–Crippen MR) is 96.8 cm³/mol. The summed E-state index contributed by atoms with van der Waals surface area (Å²) in [7, 11) is 0. The molecular formula is C20H16F3N3O2. The second kappa shape index (κ2) is 5.85. The van der Waals surface area contributed by atoms with Crippen LogP contribution in [0.2, 0.25) is 0 Å². The van der Waals surface area contributed by atoms with Gasteiger partial charge in [0.15, 0.2) is 0 Å². The summed E-state index contributed by atoms with van der Waals surface area (Å²) in [4.78, 5) is 2.07. The van der Waals surface area contributed by atoms with Gasteiger partial charge in [-0.05, 0) is 37.1 Å². The van der Waals surface area contributed by atoms with Gasteiger partial charge in [-0.15, -0.1) is 13.2 Å². The van der Waals surface area contributed by atoms with Gasteiger partial charge in [-0.25, -0.2) is 5.01 Å². The molecule has 5 nitrogen and oxygen atoms in total. The van der Waals surface area contributed by atoms with E-state index in [2.05, 4.69) is 15.1 Å². The van der Waals surface area contributed by atoms with Crippen LogP contribution in [-0.2, 0) is 0 Å². The molecule has 28 heavy (non-hydrogen) atoms. The maximum absolute atomic E-state index is 12.4. The van der Waals surface area contributed by atoms with Gasteiger partial charge in [0.1, 0.15) is 11.4 Å². The van der Waals surface area contributed by atoms with Gasteiger partial charge in [-0.1, -0.05) is 24.3 Å². The number of aliphatic hydroxyl groups is 1. The maximum atomic E-state index is 12.4. The minimum atomic E-state index is -4.74. The fraction of sp³-hybridized carbons (Fsp3) is 0.200. The van der Waals surface area contributed by atoms with Crippen LogP contribution < -0.4 is 25.6 Å². The number of fused-ring (bicyclic) bond motifs is 2. The van der Waals surface area contributed by atoms with Gasteiger partial charge in [-0.2, -0.15) is 0 Å². The first kappa shape index (κ1) is 16.9. The van der Waals surface area contributed by atoms with Gasteiger partial charge in [0, 0.05) is 22.7 Å². The lowest BCUT2D eigenvalue weighted by atomic mass is 10.1. The summed E-state index contributed by atoms with van der Waals surface area (Å²) in [5, 5.41) is 14.4. The van der Waals surface area contributed by atoms with Crippen molar-refractivity contribution in [2.45, 2.75) is 25.2 Å². The van der Waals surface area contributed by atoms with Crippen LogP contribution in [0.4, 0.5) is 18.9 Å². The SMILES string of the molecule is OC1=C2C(=c3ccccc3=CN2C2CC2)NN1c1ccc(OC(F)(F)F)cc1. The number of nitrogens with one attached hydrogen (secondary N) is 1. The Kier molecular flexibility index (Phi) is 3.52. The monoisotopic (exact) mass is 387 g/mol. The molecule has 1 saturated carbocycles. The zero-order valence-electron chi connectivity index (χ0n) is 14.6. The van der Waals surface area contributed by atoms with Crippen molar-refractivity contribution in [2.24, 2.45) is 0 Å². The molecule has 0 amide bonds. The Morgan fingerprint density at radius 2 is 1.75 bits per heavy atom. The number of rotatable bonds is 3. The number of ether oxygens (including phenoxy) is 1. The zero-order valence-corrected chi connectivity index (χ0v) is 14.6. The summed E-state index contributed by atoms with van der Waals surface area (Å²) in [6, 6.07) is 13.6. The van der Waals surface area contributed by atoms with E-state index in [0.29, 0.717) is 17.4 Å². The Labute approximate surface area is 158 Å². The van der Waals surface area contributed by atoms with Gasteiger partial charge in [0.25, 0.3) is 0 Å². The van der Waals surface area contributed by atoms with Crippen molar-refractivity contribution >= 4 is 17.6 Å². The lowest BCUT2D eigenvalue weighted by molar-refractivity contribution is -0.274. The van der Waals surface area contributed by atoms with Gasteiger partial charge in [0.05, 0.1) is 11.4 Å². The molecule has 0 radical (unpaired) electrons. The predicted octanol–water partition coefficient (Wildman–Crippen LogP) is 2.66. The van der Waals surface area contributed by atoms with E-state index in [1.54, 1.807) is 0 Å². The van der Waals surface area contributed by atoms with E-state index in [4.69, 9.17) is 0 Å². The second-order valence-corrected chi connectivity index (χ2v) is 6.89. The van der Waals surface area contributed by atoms with E-state index in [-0.39, 0.29) is 11.6 Å².